The summed E-state index contributed by atoms with van der Waals surface area (Å²) in [5, 5.41) is 7.32. The molecule has 0 bridgehead atoms. The molecule has 0 saturated heterocycles. The molecule has 0 aliphatic carbocycles. The van der Waals surface area contributed by atoms with Gasteiger partial charge >= 0.3 is 0 Å². The first-order chi connectivity index (χ1) is 13.0. The highest BCUT2D eigenvalue weighted by molar-refractivity contribution is 6.31. The van der Waals surface area contributed by atoms with E-state index in [2.05, 4.69) is 39.7 Å². The van der Waals surface area contributed by atoms with E-state index in [0.29, 0.717) is 16.7 Å². The summed E-state index contributed by atoms with van der Waals surface area (Å²) in [4.78, 5) is 9.09. The van der Waals surface area contributed by atoms with Crippen molar-refractivity contribution in [2.75, 3.05) is 17.7 Å². The van der Waals surface area contributed by atoms with E-state index >= 15 is 0 Å². The number of hydrogen-bond acceptors (Lipinski definition) is 5. The molecule has 3 rings (SSSR count). The maximum atomic E-state index is 6.18. The van der Waals surface area contributed by atoms with Gasteiger partial charge in [-0.3, -0.25) is 0 Å². The Morgan fingerprint density at radius 3 is 2.48 bits per heavy atom. The van der Waals surface area contributed by atoms with Crippen LogP contribution in [0.5, 0.6) is 5.75 Å². The van der Waals surface area contributed by atoms with Crippen molar-refractivity contribution < 1.29 is 4.74 Å². The highest BCUT2D eigenvalue weighted by Gasteiger charge is 2.11. The van der Waals surface area contributed by atoms with Crippen LogP contribution in [0.4, 0.5) is 17.5 Å². The first-order valence-corrected chi connectivity index (χ1v) is 9.12. The Labute approximate surface area is 164 Å². The summed E-state index contributed by atoms with van der Waals surface area (Å²) in [6, 6.07) is 16.0. The molecule has 0 fully saturated rings. The van der Waals surface area contributed by atoms with Crippen LogP contribution >= 0.6 is 11.6 Å². The molecule has 0 radical (unpaired) electrons. The molecule has 0 amide bonds. The average molecular weight is 383 g/mol. The molecule has 5 nitrogen and oxygen atoms in total. The summed E-state index contributed by atoms with van der Waals surface area (Å²) in [5.41, 5.74) is 3.77. The zero-order valence-electron chi connectivity index (χ0n) is 15.9. The van der Waals surface area contributed by atoms with Gasteiger partial charge in [0.15, 0.2) is 0 Å². The maximum absolute atomic E-state index is 6.18. The normalized spacial score (nSPS) is 11.7. The quantitative estimate of drug-likeness (QED) is 0.575. The third-order valence-electron chi connectivity index (χ3n) is 4.25. The van der Waals surface area contributed by atoms with Crippen molar-refractivity contribution in [1.82, 2.24) is 9.97 Å². The molecule has 0 aliphatic heterocycles. The number of methoxy groups -OCH3 is 1. The third-order valence-corrected chi connectivity index (χ3v) is 4.65. The van der Waals surface area contributed by atoms with Gasteiger partial charge in [0.25, 0.3) is 0 Å². The lowest BCUT2D eigenvalue weighted by Crippen LogP contribution is -2.10. The van der Waals surface area contributed by atoms with Gasteiger partial charge in [0.1, 0.15) is 11.6 Å². The zero-order chi connectivity index (χ0) is 19.4. The molecule has 140 valence electrons. The van der Waals surface area contributed by atoms with Crippen molar-refractivity contribution in [1.29, 1.82) is 0 Å². The van der Waals surface area contributed by atoms with Crippen LogP contribution < -0.4 is 15.4 Å². The van der Waals surface area contributed by atoms with Crippen LogP contribution in [0.2, 0.25) is 5.02 Å². The molecule has 1 atom stereocenters. The average Bonchev–Trinajstić information content (AvgIpc) is 2.64. The Balaban J connectivity index is 1.85. The second-order valence-corrected chi connectivity index (χ2v) is 6.83. The predicted molar refractivity (Wildman–Crippen MR) is 111 cm³/mol. The predicted octanol–water partition coefficient (Wildman–Crippen LogP) is 5.67. The highest BCUT2D eigenvalue weighted by atomic mass is 35.5. The minimum Gasteiger partial charge on any atom is -0.495 e. The number of rotatable bonds is 6. The van der Waals surface area contributed by atoms with Crippen LogP contribution in [0.25, 0.3) is 0 Å². The Morgan fingerprint density at radius 1 is 1.04 bits per heavy atom. The van der Waals surface area contributed by atoms with E-state index in [0.717, 1.165) is 22.8 Å². The molecular weight excluding hydrogens is 360 g/mol. The molecular formula is C21H23ClN4O. The van der Waals surface area contributed by atoms with Gasteiger partial charge in [0.2, 0.25) is 5.95 Å². The Kier molecular flexibility index (Phi) is 5.81. The molecule has 1 heterocycles. The molecule has 27 heavy (non-hydrogen) atoms. The van der Waals surface area contributed by atoms with E-state index in [1.165, 1.54) is 5.56 Å². The van der Waals surface area contributed by atoms with Gasteiger partial charge in [0.05, 0.1) is 12.8 Å². The van der Waals surface area contributed by atoms with E-state index in [1.807, 2.05) is 44.2 Å². The molecule has 6 heteroatoms. The van der Waals surface area contributed by atoms with Gasteiger partial charge in [-0.25, -0.2) is 4.98 Å². The van der Waals surface area contributed by atoms with E-state index < -0.39 is 0 Å². The highest BCUT2D eigenvalue weighted by Crippen LogP contribution is 2.32. The molecule has 2 aromatic carbocycles. The van der Waals surface area contributed by atoms with E-state index in [9.17, 15) is 0 Å². The van der Waals surface area contributed by atoms with Gasteiger partial charge in [-0.15, -0.1) is 0 Å². The van der Waals surface area contributed by atoms with Crippen LogP contribution in [-0.2, 0) is 0 Å². The molecule has 3 aromatic rings. The van der Waals surface area contributed by atoms with Crippen molar-refractivity contribution in [3.8, 4) is 5.75 Å². The second kappa shape index (κ2) is 8.27. The molecule has 1 unspecified atom stereocenters. The minimum absolute atomic E-state index is 0.126. The molecule has 0 saturated carbocycles. The zero-order valence-corrected chi connectivity index (χ0v) is 16.6. The van der Waals surface area contributed by atoms with Crippen molar-refractivity contribution in [3.63, 3.8) is 0 Å². The van der Waals surface area contributed by atoms with E-state index in [1.54, 1.807) is 13.2 Å². The van der Waals surface area contributed by atoms with Gasteiger partial charge in [0, 0.05) is 28.9 Å². The van der Waals surface area contributed by atoms with Crippen LogP contribution in [0.15, 0.2) is 48.5 Å². The van der Waals surface area contributed by atoms with Gasteiger partial charge < -0.3 is 15.4 Å². The SMILES string of the molecule is COc1cc(Cl)c(C)cc1Nc1nc(C)cc(NC(C)c2ccccc2)n1. The smallest absolute Gasteiger partial charge is 0.229 e. The topological polar surface area (TPSA) is 59.1 Å². The minimum atomic E-state index is 0.126. The Bertz CT molecular complexity index is 931. The van der Waals surface area contributed by atoms with Crippen molar-refractivity contribution in [2.24, 2.45) is 0 Å². The first kappa shape index (κ1) is 19.0. The summed E-state index contributed by atoms with van der Waals surface area (Å²) in [6.07, 6.45) is 0. The van der Waals surface area contributed by atoms with Crippen LogP contribution in [0, 0.1) is 13.8 Å². The largest absolute Gasteiger partial charge is 0.495 e. The Morgan fingerprint density at radius 2 is 1.78 bits per heavy atom. The van der Waals surface area contributed by atoms with Crippen LogP contribution in [-0.4, -0.2) is 17.1 Å². The van der Waals surface area contributed by atoms with Crippen molar-refractivity contribution in [2.45, 2.75) is 26.8 Å². The number of anilines is 3. The lowest BCUT2D eigenvalue weighted by molar-refractivity contribution is 0.416. The summed E-state index contributed by atoms with van der Waals surface area (Å²) in [6.45, 7) is 5.99. The summed E-state index contributed by atoms with van der Waals surface area (Å²) < 4.78 is 5.42. The fraction of sp³-hybridized carbons (Fsp3) is 0.238. The second-order valence-electron chi connectivity index (χ2n) is 6.42. The summed E-state index contributed by atoms with van der Waals surface area (Å²) in [7, 11) is 1.61. The van der Waals surface area contributed by atoms with E-state index in [-0.39, 0.29) is 6.04 Å². The van der Waals surface area contributed by atoms with E-state index in [4.69, 9.17) is 16.3 Å². The number of benzene rings is 2. The molecule has 2 N–H and O–H groups in total. The molecule has 0 aliphatic rings. The third kappa shape index (κ3) is 4.68. The number of hydrogen-bond donors (Lipinski definition) is 2. The van der Waals surface area contributed by atoms with Crippen molar-refractivity contribution in [3.05, 3.63) is 70.4 Å². The molecule has 1 aromatic heterocycles. The molecule has 0 spiro atoms. The van der Waals surface area contributed by atoms with Crippen molar-refractivity contribution >= 4 is 29.1 Å². The van der Waals surface area contributed by atoms with Gasteiger partial charge in [-0.1, -0.05) is 41.9 Å². The summed E-state index contributed by atoms with van der Waals surface area (Å²) >= 11 is 6.18. The number of aromatic nitrogens is 2. The maximum Gasteiger partial charge on any atom is 0.229 e. The fourth-order valence-electron chi connectivity index (χ4n) is 2.80. The number of aryl methyl sites for hydroxylation is 2. The van der Waals surface area contributed by atoms with Crippen LogP contribution in [0.3, 0.4) is 0 Å². The number of nitrogens with one attached hydrogen (secondary N) is 2. The van der Waals surface area contributed by atoms with Gasteiger partial charge in [-0.05, 0) is 38.0 Å². The number of ether oxygens (including phenoxy) is 1. The standard InChI is InChI=1S/C21H23ClN4O/c1-13-10-18(19(27-4)12-17(13)22)25-21-23-14(2)11-20(26-21)24-15(3)16-8-6-5-7-9-16/h5-12,15H,1-4H3,(H2,23,24,25,26). The Hall–Kier alpha value is -2.79. The monoisotopic (exact) mass is 382 g/mol. The lowest BCUT2D eigenvalue weighted by atomic mass is 10.1. The fourth-order valence-corrected chi connectivity index (χ4v) is 2.95. The number of halogens is 1. The number of nitrogens with zero attached hydrogens (tertiary/aromatic N) is 2. The summed E-state index contributed by atoms with van der Waals surface area (Å²) in [5.74, 6) is 1.90. The van der Waals surface area contributed by atoms with Crippen LogP contribution in [0.1, 0.15) is 29.8 Å². The lowest BCUT2D eigenvalue weighted by Gasteiger charge is -2.17. The first-order valence-electron chi connectivity index (χ1n) is 8.74. The van der Waals surface area contributed by atoms with Gasteiger partial charge in [-0.2, -0.15) is 4.98 Å².